The maximum Gasteiger partial charge on any atom is 0.359 e. The number of hydrogen-bond donors (Lipinski definition) is 0. The average Bonchev–Trinajstić information content (AvgIpc) is 3.07. The van der Waals surface area contributed by atoms with Gasteiger partial charge in [0, 0.05) is 29.4 Å². The van der Waals surface area contributed by atoms with Gasteiger partial charge in [0.05, 0.1) is 11.9 Å². The van der Waals surface area contributed by atoms with Gasteiger partial charge in [0.1, 0.15) is 24.0 Å². The van der Waals surface area contributed by atoms with Crippen molar-refractivity contribution in [3.63, 3.8) is 0 Å². The molecule has 1 aromatic heterocycles. The molecule has 25 heavy (non-hydrogen) atoms. The van der Waals surface area contributed by atoms with Gasteiger partial charge in [-0.1, -0.05) is 15.9 Å². The highest BCUT2D eigenvalue weighted by atomic mass is 79.9. The second-order valence-electron chi connectivity index (χ2n) is 7.24. The number of carbonyl (C=O) groups is 1. The fourth-order valence-corrected chi connectivity index (χ4v) is 5.09. The Kier molecular flexibility index (Phi) is 3.57. The molecule has 0 amide bonds. The number of carbonyl (C=O) groups excluding carboxylic acids is 1. The van der Waals surface area contributed by atoms with Crippen LogP contribution in [0.5, 0.6) is 5.75 Å². The molecule has 6 nitrogen and oxygen atoms in total. The van der Waals surface area contributed by atoms with Gasteiger partial charge in [-0.05, 0) is 32.0 Å². The normalized spacial score (nSPS) is 28.2. The van der Waals surface area contributed by atoms with Crippen LogP contribution in [0.3, 0.4) is 0 Å². The lowest BCUT2D eigenvalue weighted by atomic mass is 10.0. The minimum absolute atomic E-state index is 0.00950. The summed E-state index contributed by atoms with van der Waals surface area (Å²) in [7, 11) is 2.18. The topological polar surface area (TPSA) is 56.6 Å². The summed E-state index contributed by atoms with van der Waals surface area (Å²) < 4.78 is 14.3. The zero-order valence-electron chi connectivity index (χ0n) is 14.1. The van der Waals surface area contributed by atoms with Crippen molar-refractivity contribution in [3.8, 4) is 5.75 Å². The molecule has 0 radical (unpaired) electrons. The number of nitrogens with zero attached hydrogens (tertiary/aromatic N) is 3. The second-order valence-corrected chi connectivity index (χ2v) is 8.09. The summed E-state index contributed by atoms with van der Waals surface area (Å²) in [6, 6.07) is 4.90. The Labute approximate surface area is 154 Å². The lowest BCUT2D eigenvalue weighted by molar-refractivity contribution is -0.000899. The fourth-order valence-electron chi connectivity index (χ4n) is 4.58. The summed E-state index contributed by atoms with van der Waals surface area (Å²) in [6.45, 7) is 1.21. The molecule has 5 rings (SSSR count). The minimum Gasteiger partial charge on any atom is -0.489 e. The molecule has 2 saturated heterocycles. The highest BCUT2D eigenvalue weighted by Crippen LogP contribution is 2.38. The van der Waals surface area contributed by atoms with Crippen molar-refractivity contribution < 1.29 is 14.3 Å². The number of piperidine rings is 1. The van der Waals surface area contributed by atoms with Gasteiger partial charge in [-0.2, -0.15) is 5.10 Å². The summed E-state index contributed by atoms with van der Waals surface area (Å²) >= 11 is 3.56. The van der Waals surface area contributed by atoms with Crippen LogP contribution in [0.15, 0.2) is 16.6 Å². The number of benzene rings is 1. The van der Waals surface area contributed by atoms with Crippen LogP contribution in [0.25, 0.3) is 10.9 Å². The van der Waals surface area contributed by atoms with E-state index < -0.39 is 0 Å². The van der Waals surface area contributed by atoms with E-state index >= 15 is 0 Å². The Morgan fingerprint density at radius 3 is 2.84 bits per heavy atom. The molecule has 2 fully saturated rings. The summed E-state index contributed by atoms with van der Waals surface area (Å²) in [4.78, 5) is 15.3. The van der Waals surface area contributed by atoms with Gasteiger partial charge in [0.15, 0.2) is 5.69 Å². The molecule has 0 saturated carbocycles. The van der Waals surface area contributed by atoms with E-state index in [1.807, 2.05) is 16.8 Å². The molecule has 3 aliphatic heterocycles. The molecule has 2 bridgehead atoms. The molecule has 2 unspecified atom stereocenters. The number of fused-ring (bicyclic) bond motifs is 2. The summed E-state index contributed by atoms with van der Waals surface area (Å²) in [5, 5.41) is 5.33. The fraction of sp³-hybridized carbons (Fsp3) is 0.556. The predicted molar refractivity (Wildman–Crippen MR) is 95.9 cm³/mol. The molecule has 3 aliphatic rings. The van der Waals surface area contributed by atoms with Crippen LogP contribution in [-0.4, -0.2) is 52.5 Å². The first kappa shape index (κ1) is 15.6. The Hall–Kier alpha value is -1.60. The van der Waals surface area contributed by atoms with Crippen LogP contribution in [0, 0.1) is 0 Å². The van der Waals surface area contributed by atoms with Crippen molar-refractivity contribution in [2.75, 3.05) is 13.7 Å². The number of aromatic nitrogens is 2. The molecule has 7 heteroatoms. The third kappa shape index (κ3) is 2.39. The molecule has 132 valence electrons. The second kappa shape index (κ2) is 5.71. The SMILES string of the molecule is CN1C2CCC1CC(OC(=O)c1nn3c4c(ccc(Br)c14)OCC3)C2. The minimum atomic E-state index is -0.322. The van der Waals surface area contributed by atoms with Crippen molar-refractivity contribution in [2.45, 2.75) is 50.4 Å². The number of rotatable bonds is 2. The van der Waals surface area contributed by atoms with Crippen molar-refractivity contribution >= 4 is 32.8 Å². The molecular weight excluding hydrogens is 386 g/mol. The van der Waals surface area contributed by atoms with E-state index in [0.29, 0.717) is 30.9 Å². The molecule has 1 aromatic carbocycles. The van der Waals surface area contributed by atoms with Crippen molar-refractivity contribution in [1.82, 2.24) is 14.7 Å². The molecular formula is C18H20BrN3O3. The highest BCUT2D eigenvalue weighted by molar-refractivity contribution is 9.10. The van der Waals surface area contributed by atoms with Gasteiger partial charge in [0.2, 0.25) is 0 Å². The van der Waals surface area contributed by atoms with Gasteiger partial charge in [0.25, 0.3) is 0 Å². The Morgan fingerprint density at radius 2 is 2.08 bits per heavy atom. The zero-order chi connectivity index (χ0) is 17.1. The zero-order valence-corrected chi connectivity index (χ0v) is 15.7. The lowest BCUT2D eigenvalue weighted by Crippen LogP contribution is -2.43. The smallest absolute Gasteiger partial charge is 0.359 e. The molecule has 4 heterocycles. The maximum absolute atomic E-state index is 12.9. The van der Waals surface area contributed by atoms with E-state index in [1.165, 1.54) is 12.8 Å². The molecule has 0 aliphatic carbocycles. The van der Waals surface area contributed by atoms with E-state index in [9.17, 15) is 4.79 Å². The van der Waals surface area contributed by atoms with Crippen LogP contribution in [0.1, 0.15) is 36.2 Å². The molecule has 0 spiro atoms. The van der Waals surface area contributed by atoms with Crippen LogP contribution in [0.4, 0.5) is 0 Å². The summed E-state index contributed by atoms with van der Waals surface area (Å²) in [6.07, 6.45) is 4.25. The van der Waals surface area contributed by atoms with Gasteiger partial charge in [-0.15, -0.1) is 0 Å². The first-order valence-electron chi connectivity index (χ1n) is 8.86. The molecule has 2 aromatic rings. The monoisotopic (exact) mass is 405 g/mol. The lowest BCUT2D eigenvalue weighted by Gasteiger charge is -2.35. The van der Waals surface area contributed by atoms with Crippen LogP contribution < -0.4 is 4.74 Å². The largest absolute Gasteiger partial charge is 0.489 e. The van der Waals surface area contributed by atoms with E-state index in [2.05, 4.69) is 33.0 Å². The molecule has 0 N–H and O–H groups in total. The number of halogens is 1. The maximum atomic E-state index is 12.9. The van der Waals surface area contributed by atoms with Crippen LogP contribution in [-0.2, 0) is 11.3 Å². The predicted octanol–water partition coefficient (Wildman–Crippen LogP) is 2.97. The third-order valence-electron chi connectivity index (χ3n) is 5.89. The van der Waals surface area contributed by atoms with Gasteiger partial charge < -0.3 is 14.4 Å². The van der Waals surface area contributed by atoms with E-state index in [0.717, 1.165) is 34.0 Å². The first-order chi connectivity index (χ1) is 12.1. The highest BCUT2D eigenvalue weighted by Gasteiger charge is 2.40. The molecule has 2 atom stereocenters. The quantitative estimate of drug-likeness (QED) is 0.718. The van der Waals surface area contributed by atoms with Crippen molar-refractivity contribution in [3.05, 3.63) is 22.3 Å². The van der Waals surface area contributed by atoms with Crippen molar-refractivity contribution in [1.29, 1.82) is 0 Å². The van der Waals surface area contributed by atoms with E-state index in [4.69, 9.17) is 9.47 Å². The Balaban J connectivity index is 1.46. The number of esters is 1. The van der Waals surface area contributed by atoms with Crippen molar-refractivity contribution in [2.24, 2.45) is 0 Å². The van der Waals surface area contributed by atoms with Gasteiger partial charge in [-0.3, -0.25) is 4.68 Å². The Bertz CT molecular complexity index is 851. The number of hydrogen-bond acceptors (Lipinski definition) is 5. The first-order valence-corrected chi connectivity index (χ1v) is 9.66. The third-order valence-corrected chi connectivity index (χ3v) is 6.55. The average molecular weight is 406 g/mol. The summed E-state index contributed by atoms with van der Waals surface area (Å²) in [5.41, 5.74) is 1.26. The van der Waals surface area contributed by atoms with Gasteiger partial charge in [-0.25, -0.2) is 4.79 Å². The standard InChI is InChI=1S/C18H20BrN3O3/c1-21-10-2-3-11(21)9-12(8-10)25-18(23)16-15-13(19)4-5-14-17(15)22(20-16)6-7-24-14/h4-5,10-12H,2-3,6-9H2,1H3. The van der Waals surface area contributed by atoms with E-state index in [1.54, 1.807) is 0 Å². The van der Waals surface area contributed by atoms with E-state index in [-0.39, 0.29) is 12.1 Å². The Morgan fingerprint density at radius 1 is 1.32 bits per heavy atom. The van der Waals surface area contributed by atoms with Gasteiger partial charge >= 0.3 is 5.97 Å². The number of ether oxygens (including phenoxy) is 2. The van der Waals surface area contributed by atoms with Crippen LogP contribution in [0.2, 0.25) is 0 Å². The van der Waals surface area contributed by atoms with Crippen LogP contribution >= 0.6 is 15.9 Å². The summed E-state index contributed by atoms with van der Waals surface area (Å²) in [5.74, 6) is 0.450.